The van der Waals surface area contributed by atoms with E-state index in [0.717, 1.165) is 6.92 Å². The number of hydrogen-bond acceptors (Lipinski definition) is 4. The fourth-order valence-electron chi connectivity index (χ4n) is 1.80. The van der Waals surface area contributed by atoms with Crippen LogP contribution < -0.4 is 4.72 Å². The summed E-state index contributed by atoms with van der Waals surface area (Å²) < 4.78 is 31.3. The van der Waals surface area contributed by atoms with Gasteiger partial charge in [-0.15, -0.1) is 0 Å². The van der Waals surface area contributed by atoms with Gasteiger partial charge in [0.2, 0.25) is 10.0 Å². The van der Waals surface area contributed by atoms with E-state index in [1.165, 1.54) is 0 Å². The first-order chi connectivity index (χ1) is 7.64. The molecule has 0 spiro atoms. The first-order valence-corrected chi connectivity index (χ1v) is 7.06. The second kappa shape index (κ2) is 4.91. The normalized spacial score (nSPS) is 26.4. The number of carboxylic acid groups (broad SMARTS) is 1. The van der Waals surface area contributed by atoms with Gasteiger partial charge in [0.25, 0.3) is 0 Å². The first-order valence-electron chi connectivity index (χ1n) is 5.52. The molecule has 2 unspecified atom stereocenters. The van der Waals surface area contributed by atoms with Crippen LogP contribution in [-0.2, 0) is 19.6 Å². The Morgan fingerprint density at radius 1 is 1.53 bits per heavy atom. The Balaban J connectivity index is 2.68. The molecule has 17 heavy (non-hydrogen) atoms. The Bertz CT molecular complexity index is 390. The molecule has 1 fully saturated rings. The van der Waals surface area contributed by atoms with Crippen LogP contribution in [0.15, 0.2) is 0 Å². The molecule has 1 heterocycles. The predicted molar refractivity (Wildman–Crippen MR) is 62.2 cm³/mol. The lowest BCUT2D eigenvalue weighted by Crippen LogP contribution is -2.49. The van der Waals surface area contributed by atoms with E-state index < -0.39 is 21.2 Å². The average Bonchev–Trinajstić information content (AvgIpc) is 2.13. The summed E-state index contributed by atoms with van der Waals surface area (Å²) in [4.78, 5) is 10.7. The molecular weight excluding hydrogens is 246 g/mol. The number of carboxylic acids is 1. The lowest BCUT2D eigenvalue weighted by Gasteiger charge is -2.35. The van der Waals surface area contributed by atoms with Crippen molar-refractivity contribution in [2.75, 3.05) is 6.61 Å². The van der Waals surface area contributed by atoms with Crippen molar-refractivity contribution in [3.8, 4) is 0 Å². The monoisotopic (exact) mass is 265 g/mol. The lowest BCUT2D eigenvalue weighted by molar-refractivity contribution is -0.136. The molecule has 0 saturated carbocycles. The minimum atomic E-state index is -3.81. The summed E-state index contributed by atoms with van der Waals surface area (Å²) in [6, 6.07) is -0.259. The van der Waals surface area contributed by atoms with Gasteiger partial charge in [-0.1, -0.05) is 0 Å². The van der Waals surface area contributed by atoms with E-state index in [9.17, 15) is 13.2 Å². The molecular formula is C10H19NO5S. The van der Waals surface area contributed by atoms with Gasteiger partial charge in [-0.25, -0.2) is 13.1 Å². The largest absolute Gasteiger partial charge is 0.480 e. The average molecular weight is 265 g/mol. The molecule has 1 aliphatic rings. The SMILES string of the molecule is CC(C(=O)O)S(=O)(=O)NC1CCOC(C)(C)C1. The zero-order valence-corrected chi connectivity index (χ0v) is 11.1. The van der Waals surface area contributed by atoms with Crippen LogP contribution in [0.3, 0.4) is 0 Å². The van der Waals surface area contributed by atoms with Gasteiger partial charge in [-0.3, -0.25) is 4.79 Å². The molecule has 0 amide bonds. The van der Waals surface area contributed by atoms with Gasteiger partial charge in [0.1, 0.15) is 0 Å². The zero-order chi connectivity index (χ0) is 13.3. The number of ether oxygens (including phenoxy) is 1. The molecule has 1 rings (SSSR count). The van der Waals surface area contributed by atoms with Crippen LogP contribution in [0.1, 0.15) is 33.6 Å². The number of aliphatic carboxylic acids is 1. The zero-order valence-electron chi connectivity index (χ0n) is 10.3. The highest BCUT2D eigenvalue weighted by Gasteiger charge is 2.34. The summed E-state index contributed by atoms with van der Waals surface area (Å²) in [6.45, 7) is 5.40. The van der Waals surface area contributed by atoms with Crippen LogP contribution >= 0.6 is 0 Å². The van der Waals surface area contributed by atoms with Crippen molar-refractivity contribution in [3.63, 3.8) is 0 Å². The lowest BCUT2D eigenvalue weighted by atomic mass is 9.95. The molecule has 0 aromatic heterocycles. The smallest absolute Gasteiger partial charge is 0.323 e. The van der Waals surface area contributed by atoms with Crippen LogP contribution in [0.25, 0.3) is 0 Å². The van der Waals surface area contributed by atoms with E-state index in [1.807, 2.05) is 13.8 Å². The first kappa shape index (κ1) is 14.4. The van der Waals surface area contributed by atoms with Gasteiger partial charge in [-0.05, 0) is 33.6 Å². The highest BCUT2D eigenvalue weighted by atomic mass is 32.2. The number of rotatable bonds is 4. The fraction of sp³-hybridized carbons (Fsp3) is 0.900. The third-order valence-corrected chi connectivity index (χ3v) is 4.64. The van der Waals surface area contributed by atoms with Crippen molar-refractivity contribution >= 4 is 16.0 Å². The topological polar surface area (TPSA) is 92.7 Å². The van der Waals surface area contributed by atoms with E-state index in [4.69, 9.17) is 9.84 Å². The third-order valence-electron chi connectivity index (χ3n) is 2.84. The minimum absolute atomic E-state index is 0.259. The Morgan fingerprint density at radius 2 is 2.12 bits per heavy atom. The molecule has 100 valence electrons. The molecule has 1 saturated heterocycles. The van der Waals surface area contributed by atoms with Crippen molar-refractivity contribution < 1.29 is 23.1 Å². The van der Waals surface area contributed by atoms with Gasteiger partial charge in [0.15, 0.2) is 5.25 Å². The standard InChI is InChI=1S/C10H19NO5S/c1-7(9(12)13)17(14,15)11-8-4-5-16-10(2,3)6-8/h7-8,11H,4-6H2,1-3H3,(H,12,13). The van der Waals surface area contributed by atoms with E-state index in [2.05, 4.69) is 4.72 Å². The second-order valence-electron chi connectivity index (χ2n) is 4.94. The van der Waals surface area contributed by atoms with Crippen LogP contribution in [0.4, 0.5) is 0 Å². The van der Waals surface area contributed by atoms with Crippen LogP contribution in [0.5, 0.6) is 0 Å². The molecule has 0 bridgehead atoms. The summed E-state index contributed by atoms with van der Waals surface area (Å²) in [6.07, 6.45) is 1.10. The van der Waals surface area contributed by atoms with Crippen LogP contribution in [0.2, 0.25) is 0 Å². The maximum Gasteiger partial charge on any atom is 0.323 e. The van der Waals surface area contributed by atoms with E-state index in [0.29, 0.717) is 19.4 Å². The molecule has 2 atom stereocenters. The van der Waals surface area contributed by atoms with Crippen LogP contribution in [-0.4, -0.2) is 43.0 Å². The number of hydrogen-bond donors (Lipinski definition) is 2. The summed E-state index contributed by atoms with van der Waals surface area (Å²) in [5.41, 5.74) is -0.377. The molecule has 7 heteroatoms. The second-order valence-corrected chi connectivity index (χ2v) is 6.97. The molecule has 0 aliphatic carbocycles. The van der Waals surface area contributed by atoms with Gasteiger partial charge in [-0.2, -0.15) is 0 Å². The summed E-state index contributed by atoms with van der Waals surface area (Å²) in [7, 11) is -3.81. The number of carbonyl (C=O) groups is 1. The summed E-state index contributed by atoms with van der Waals surface area (Å²) in [5, 5.41) is 7.27. The summed E-state index contributed by atoms with van der Waals surface area (Å²) in [5.74, 6) is -1.34. The van der Waals surface area contributed by atoms with E-state index in [1.54, 1.807) is 0 Å². The molecule has 0 aromatic carbocycles. The summed E-state index contributed by atoms with van der Waals surface area (Å²) >= 11 is 0. The Kier molecular flexibility index (Phi) is 4.16. The van der Waals surface area contributed by atoms with E-state index >= 15 is 0 Å². The van der Waals surface area contributed by atoms with Crippen LogP contribution in [0, 0.1) is 0 Å². The van der Waals surface area contributed by atoms with Crippen molar-refractivity contribution in [2.24, 2.45) is 0 Å². The highest BCUT2D eigenvalue weighted by molar-refractivity contribution is 7.90. The van der Waals surface area contributed by atoms with Crippen molar-refractivity contribution in [1.29, 1.82) is 0 Å². The fourth-order valence-corrected chi connectivity index (χ4v) is 2.93. The maximum absolute atomic E-state index is 11.7. The van der Waals surface area contributed by atoms with Crippen molar-refractivity contribution in [1.82, 2.24) is 4.72 Å². The molecule has 6 nitrogen and oxygen atoms in total. The number of nitrogens with one attached hydrogen (secondary N) is 1. The molecule has 0 aromatic rings. The molecule has 2 N–H and O–H groups in total. The predicted octanol–water partition coefficient (Wildman–Crippen LogP) is 0.337. The van der Waals surface area contributed by atoms with Gasteiger partial charge >= 0.3 is 5.97 Å². The Morgan fingerprint density at radius 3 is 2.59 bits per heavy atom. The highest BCUT2D eigenvalue weighted by Crippen LogP contribution is 2.24. The Hall–Kier alpha value is -0.660. The van der Waals surface area contributed by atoms with Gasteiger partial charge < -0.3 is 9.84 Å². The van der Waals surface area contributed by atoms with Crippen molar-refractivity contribution in [3.05, 3.63) is 0 Å². The minimum Gasteiger partial charge on any atom is -0.480 e. The maximum atomic E-state index is 11.7. The number of sulfonamides is 1. The quantitative estimate of drug-likeness (QED) is 0.764. The Labute approximate surface area is 101 Å². The van der Waals surface area contributed by atoms with Crippen molar-refractivity contribution in [2.45, 2.75) is 50.5 Å². The molecule has 1 aliphatic heterocycles. The molecule has 0 radical (unpaired) electrons. The third kappa shape index (κ3) is 3.93. The van der Waals surface area contributed by atoms with Gasteiger partial charge in [0.05, 0.1) is 5.60 Å². The van der Waals surface area contributed by atoms with Gasteiger partial charge in [0, 0.05) is 12.6 Å². The van der Waals surface area contributed by atoms with E-state index in [-0.39, 0.29) is 11.6 Å².